The van der Waals surface area contributed by atoms with Crippen molar-refractivity contribution in [1.29, 1.82) is 0 Å². The van der Waals surface area contributed by atoms with Crippen LogP contribution in [0.4, 0.5) is 0 Å². The van der Waals surface area contributed by atoms with Crippen LogP contribution in [0.3, 0.4) is 0 Å². The molecule has 0 unspecified atom stereocenters. The minimum atomic E-state index is 0.400. The molecule has 0 heterocycles. The Morgan fingerprint density at radius 1 is 0.812 bits per heavy atom. The van der Waals surface area contributed by atoms with Crippen molar-refractivity contribution in [3.05, 3.63) is 53.1 Å². The van der Waals surface area contributed by atoms with Crippen LogP contribution in [0.1, 0.15) is 16.7 Å². The molecule has 0 radical (unpaired) electrons. The predicted molar refractivity (Wildman–Crippen MR) is 67.8 cm³/mol. The lowest BCUT2D eigenvalue weighted by atomic mass is 9.97. The Bertz CT molecular complexity index is 504. The number of hydrogen-bond donors (Lipinski definition) is 1. The van der Waals surface area contributed by atoms with Crippen molar-refractivity contribution >= 4 is 0 Å². The fourth-order valence-corrected chi connectivity index (χ4v) is 2.01. The second-order valence-electron chi connectivity index (χ2n) is 4.27. The van der Waals surface area contributed by atoms with Gasteiger partial charge in [0.1, 0.15) is 5.75 Å². The van der Waals surface area contributed by atoms with Gasteiger partial charge >= 0.3 is 0 Å². The Morgan fingerprint density at radius 2 is 1.38 bits per heavy atom. The van der Waals surface area contributed by atoms with Crippen molar-refractivity contribution in [3.8, 4) is 16.9 Å². The molecule has 0 saturated carbocycles. The number of benzene rings is 2. The van der Waals surface area contributed by atoms with Gasteiger partial charge in [-0.2, -0.15) is 0 Å². The first kappa shape index (κ1) is 10.7. The highest BCUT2D eigenvalue weighted by Crippen LogP contribution is 2.30. The van der Waals surface area contributed by atoms with Crippen molar-refractivity contribution in [2.24, 2.45) is 0 Å². The van der Waals surface area contributed by atoms with Gasteiger partial charge in [-0.1, -0.05) is 24.3 Å². The predicted octanol–water partition coefficient (Wildman–Crippen LogP) is 3.98. The zero-order valence-corrected chi connectivity index (χ0v) is 9.91. The topological polar surface area (TPSA) is 20.2 Å². The fourth-order valence-electron chi connectivity index (χ4n) is 2.01. The lowest BCUT2D eigenvalue weighted by Gasteiger charge is -2.10. The van der Waals surface area contributed by atoms with E-state index < -0.39 is 0 Å². The molecule has 0 amide bonds. The molecule has 0 fully saturated rings. The maximum Gasteiger partial charge on any atom is 0.121 e. The molecule has 1 nitrogen and oxygen atoms in total. The van der Waals surface area contributed by atoms with Crippen LogP contribution in [-0.2, 0) is 0 Å². The van der Waals surface area contributed by atoms with Crippen molar-refractivity contribution in [1.82, 2.24) is 0 Å². The number of phenolic OH excluding ortho intramolecular Hbond substituents is 1. The van der Waals surface area contributed by atoms with Crippen LogP contribution in [0.5, 0.6) is 5.75 Å². The second kappa shape index (κ2) is 4.01. The standard InChI is InChI=1S/C15H16O/c1-10-6-4-5-7-14(10)13-8-11(2)15(16)12(3)9-13/h4-9,16H,1-3H3. The van der Waals surface area contributed by atoms with E-state index in [0.717, 1.165) is 11.1 Å². The lowest BCUT2D eigenvalue weighted by molar-refractivity contribution is 0.467. The summed E-state index contributed by atoms with van der Waals surface area (Å²) in [5.74, 6) is 0.400. The second-order valence-corrected chi connectivity index (χ2v) is 4.27. The van der Waals surface area contributed by atoms with Crippen LogP contribution in [0.15, 0.2) is 36.4 Å². The van der Waals surface area contributed by atoms with Crippen molar-refractivity contribution in [2.45, 2.75) is 20.8 Å². The first-order valence-electron chi connectivity index (χ1n) is 5.46. The maximum absolute atomic E-state index is 9.75. The highest BCUT2D eigenvalue weighted by molar-refractivity contribution is 5.70. The summed E-state index contributed by atoms with van der Waals surface area (Å²) in [6.07, 6.45) is 0. The highest BCUT2D eigenvalue weighted by Gasteiger charge is 2.06. The molecule has 0 spiro atoms. The van der Waals surface area contributed by atoms with Gasteiger partial charge in [0.2, 0.25) is 0 Å². The van der Waals surface area contributed by atoms with Crippen LogP contribution in [0.2, 0.25) is 0 Å². The van der Waals surface area contributed by atoms with Gasteiger partial charge in [0.25, 0.3) is 0 Å². The van der Waals surface area contributed by atoms with Gasteiger partial charge in [-0.3, -0.25) is 0 Å². The number of aryl methyl sites for hydroxylation is 3. The minimum absolute atomic E-state index is 0.400. The summed E-state index contributed by atoms with van der Waals surface area (Å²) < 4.78 is 0. The summed E-state index contributed by atoms with van der Waals surface area (Å²) in [4.78, 5) is 0. The minimum Gasteiger partial charge on any atom is -0.507 e. The molecule has 0 atom stereocenters. The maximum atomic E-state index is 9.75. The van der Waals surface area contributed by atoms with Crippen LogP contribution in [0.25, 0.3) is 11.1 Å². The molecule has 1 N–H and O–H groups in total. The number of phenols is 1. The number of rotatable bonds is 1. The van der Waals surface area contributed by atoms with E-state index in [1.807, 2.05) is 38.1 Å². The molecular weight excluding hydrogens is 196 g/mol. The van der Waals surface area contributed by atoms with E-state index in [4.69, 9.17) is 0 Å². The summed E-state index contributed by atoms with van der Waals surface area (Å²) in [6.45, 7) is 5.97. The molecule has 2 aromatic rings. The van der Waals surface area contributed by atoms with E-state index in [1.165, 1.54) is 16.7 Å². The summed E-state index contributed by atoms with van der Waals surface area (Å²) in [5.41, 5.74) is 5.52. The summed E-state index contributed by atoms with van der Waals surface area (Å²) in [7, 11) is 0. The Kier molecular flexibility index (Phi) is 2.69. The summed E-state index contributed by atoms with van der Waals surface area (Å²) in [6, 6.07) is 12.4. The van der Waals surface area contributed by atoms with E-state index in [2.05, 4.69) is 19.1 Å². The van der Waals surface area contributed by atoms with Crippen molar-refractivity contribution in [2.75, 3.05) is 0 Å². The monoisotopic (exact) mass is 212 g/mol. The van der Waals surface area contributed by atoms with Crippen LogP contribution in [-0.4, -0.2) is 5.11 Å². The van der Waals surface area contributed by atoms with E-state index in [0.29, 0.717) is 5.75 Å². The van der Waals surface area contributed by atoms with Gasteiger partial charge in [-0.05, 0) is 60.7 Å². The fraction of sp³-hybridized carbons (Fsp3) is 0.200. The van der Waals surface area contributed by atoms with Crippen LogP contribution < -0.4 is 0 Å². The summed E-state index contributed by atoms with van der Waals surface area (Å²) >= 11 is 0. The van der Waals surface area contributed by atoms with Crippen molar-refractivity contribution in [3.63, 3.8) is 0 Å². The van der Waals surface area contributed by atoms with Gasteiger partial charge in [0.05, 0.1) is 0 Å². The van der Waals surface area contributed by atoms with E-state index in [1.54, 1.807) is 0 Å². The smallest absolute Gasteiger partial charge is 0.121 e. The molecule has 0 aliphatic carbocycles. The third kappa shape index (κ3) is 1.81. The third-order valence-corrected chi connectivity index (χ3v) is 2.95. The average molecular weight is 212 g/mol. The number of hydrogen-bond acceptors (Lipinski definition) is 1. The van der Waals surface area contributed by atoms with Gasteiger partial charge in [-0.25, -0.2) is 0 Å². The van der Waals surface area contributed by atoms with Crippen LogP contribution >= 0.6 is 0 Å². The SMILES string of the molecule is Cc1ccccc1-c1cc(C)c(O)c(C)c1. The normalized spacial score (nSPS) is 10.4. The van der Waals surface area contributed by atoms with Gasteiger partial charge in [0.15, 0.2) is 0 Å². The molecule has 16 heavy (non-hydrogen) atoms. The summed E-state index contributed by atoms with van der Waals surface area (Å²) in [5, 5.41) is 9.75. The first-order chi connectivity index (χ1) is 7.59. The molecule has 0 saturated heterocycles. The molecular formula is C15H16O. The lowest BCUT2D eigenvalue weighted by Crippen LogP contribution is -1.87. The van der Waals surface area contributed by atoms with E-state index >= 15 is 0 Å². The molecule has 2 aromatic carbocycles. The van der Waals surface area contributed by atoms with Gasteiger partial charge in [0, 0.05) is 0 Å². The quantitative estimate of drug-likeness (QED) is 0.758. The van der Waals surface area contributed by atoms with Gasteiger partial charge < -0.3 is 5.11 Å². The van der Waals surface area contributed by atoms with Crippen LogP contribution in [0, 0.1) is 20.8 Å². The molecule has 2 rings (SSSR count). The average Bonchev–Trinajstić information content (AvgIpc) is 2.26. The molecule has 0 aliphatic heterocycles. The first-order valence-corrected chi connectivity index (χ1v) is 5.46. The Balaban J connectivity index is 2.62. The van der Waals surface area contributed by atoms with E-state index in [-0.39, 0.29) is 0 Å². The molecule has 0 aromatic heterocycles. The zero-order chi connectivity index (χ0) is 11.7. The molecule has 0 bridgehead atoms. The molecule has 0 aliphatic rings. The van der Waals surface area contributed by atoms with E-state index in [9.17, 15) is 5.11 Å². The third-order valence-electron chi connectivity index (χ3n) is 2.95. The Morgan fingerprint density at radius 3 is 1.94 bits per heavy atom. The molecule has 82 valence electrons. The Labute approximate surface area is 96.4 Å². The zero-order valence-electron chi connectivity index (χ0n) is 9.91. The van der Waals surface area contributed by atoms with Crippen molar-refractivity contribution < 1.29 is 5.11 Å². The Hall–Kier alpha value is -1.76. The number of aromatic hydroxyl groups is 1. The van der Waals surface area contributed by atoms with Gasteiger partial charge in [-0.15, -0.1) is 0 Å². The highest BCUT2D eigenvalue weighted by atomic mass is 16.3. The largest absolute Gasteiger partial charge is 0.507 e. The molecule has 1 heteroatoms.